The van der Waals surface area contributed by atoms with Gasteiger partial charge in [0, 0.05) is 123 Å². The Morgan fingerprint density at radius 2 is 0.778 bits per heavy atom. The number of amides is 8. The van der Waals surface area contributed by atoms with Gasteiger partial charge in [0.15, 0.2) is 0 Å². The Bertz CT molecular complexity index is 2090. The molecule has 0 bridgehead atoms. The molecule has 90 heavy (non-hydrogen) atoms. The second-order valence-corrected chi connectivity index (χ2v) is 24.0. The third kappa shape index (κ3) is 29.8. The molecular formula is C58H104N8O24. The maximum absolute atomic E-state index is 13.5. The first-order valence-electron chi connectivity index (χ1n) is 31.0. The molecule has 0 heterocycles. The molecule has 0 aromatic heterocycles. The van der Waals surface area contributed by atoms with Gasteiger partial charge in [0.05, 0.1) is 106 Å². The molecule has 3 aliphatic carbocycles. The third-order valence-corrected chi connectivity index (χ3v) is 15.5. The van der Waals surface area contributed by atoms with E-state index in [4.69, 9.17) is 33.2 Å². The average Bonchev–Trinajstić information content (AvgIpc) is 0.919. The predicted octanol–water partition coefficient (Wildman–Crippen LogP) is -5.68. The number of carbonyl (C=O) groups is 8. The van der Waals surface area contributed by atoms with E-state index in [1.54, 1.807) is 0 Å². The molecule has 520 valence electrons. The maximum Gasteiger partial charge on any atom is 0.222 e. The molecule has 32 heteroatoms. The van der Waals surface area contributed by atoms with E-state index in [2.05, 4.69) is 42.5 Å². The number of nitrogens with one attached hydrogen (secondary N) is 8. The summed E-state index contributed by atoms with van der Waals surface area (Å²) in [5.74, 6) is -6.58. The van der Waals surface area contributed by atoms with Gasteiger partial charge in [-0.15, -0.1) is 0 Å². The SMILES string of the molecule is CC(=O)NC1[C@@H](O)C(O)C(CO)C[C@H]1OCCCNC(=O)CCOCC(COCCC(=O)NCCCO[C@@H]1CC(CO)C(O)[C@H](O)C1NC(C)=O)C(NC(=O)CCC(=O)NCOC(C)(C)C)OCCC(=O)NCCCO[C@@H]1CC(CO)C(O)[C@H](O)C1NC(C)=O. The fourth-order valence-electron chi connectivity index (χ4n) is 10.5. The predicted molar refractivity (Wildman–Crippen MR) is 316 cm³/mol. The van der Waals surface area contributed by atoms with Crippen molar-refractivity contribution >= 4 is 47.3 Å². The normalized spacial score (nSPS) is 27.5. The van der Waals surface area contributed by atoms with Gasteiger partial charge in [0.1, 0.15) is 31.3 Å². The fourth-order valence-corrected chi connectivity index (χ4v) is 10.5. The molecule has 32 nitrogen and oxygen atoms in total. The molecule has 3 saturated carbocycles. The minimum Gasteiger partial charge on any atom is -0.396 e. The Labute approximate surface area is 525 Å². The molecule has 0 aromatic rings. The van der Waals surface area contributed by atoms with Gasteiger partial charge in [-0.25, -0.2) is 0 Å². The summed E-state index contributed by atoms with van der Waals surface area (Å²) in [6, 6.07) is -2.79. The Kier molecular flexibility index (Phi) is 37.4. The average molecular weight is 1300 g/mol. The Morgan fingerprint density at radius 3 is 1.11 bits per heavy atom. The van der Waals surface area contributed by atoms with Crippen LogP contribution in [0.4, 0.5) is 0 Å². The second-order valence-electron chi connectivity index (χ2n) is 24.0. The van der Waals surface area contributed by atoms with Gasteiger partial charge in [-0.2, -0.15) is 0 Å². The van der Waals surface area contributed by atoms with Crippen LogP contribution in [0, 0.1) is 23.7 Å². The highest BCUT2D eigenvalue weighted by molar-refractivity contribution is 5.83. The van der Waals surface area contributed by atoms with E-state index in [1.807, 2.05) is 20.8 Å². The lowest BCUT2D eigenvalue weighted by Gasteiger charge is -2.42. The molecular weight excluding hydrogens is 1190 g/mol. The standard InChI is InChI=1S/C58H104N8O24/c1-33(70)63-48-40(24-36(27-67)51(78)54(48)81)86-18-7-15-59-44(74)12-21-84-30-39(31-85-22-13-45(75)60-16-8-19-87-41-25-37(28-68)52(79)55(82)49(41)64-34(2)71)57(66-47(77)11-10-43(73)62-32-90-58(4,5)6)89-23-14-46(76)61-17-9-20-88-42-26-38(29-69)53(80)56(83)50(42)65-35(3)72/h36-42,48-57,67-69,78-83H,7-32H2,1-6H3,(H,59,74)(H,60,75)(H,61,76)(H,62,73)(H,63,70)(H,64,71)(H,65,72)(H,66,77)/t36?,37?,38?,39?,40-,41-,42-,48?,49?,50?,51?,52?,53?,54-,55-,56-,57?/m1/s1. The molecule has 10 unspecified atom stereocenters. The zero-order valence-corrected chi connectivity index (χ0v) is 52.8. The van der Waals surface area contributed by atoms with Gasteiger partial charge in [-0.3, -0.25) is 38.4 Å². The van der Waals surface area contributed by atoms with Crippen LogP contribution in [-0.2, 0) is 71.5 Å². The van der Waals surface area contributed by atoms with Crippen molar-refractivity contribution in [3.8, 4) is 0 Å². The summed E-state index contributed by atoms with van der Waals surface area (Å²) < 4.78 is 41.4. The van der Waals surface area contributed by atoms with Crippen molar-refractivity contribution in [2.45, 2.75) is 197 Å². The molecule has 3 rings (SSSR count). The van der Waals surface area contributed by atoms with Crippen LogP contribution in [0.3, 0.4) is 0 Å². The van der Waals surface area contributed by atoms with Crippen molar-refractivity contribution in [1.82, 2.24) is 42.5 Å². The zero-order chi connectivity index (χ0) is 66.9. The molecule has 0 aromatic carbocycles. The van der Waals surface area contributed by atoms with Crippen molar-refractivity contribution in [2.24, 2.45) is 23.7 Å². The lowest BCUT2D eigenvalue weighted by Crippen LogP contribution is -2.61. The highest BCUT2D eigenvalue weighted by atomic mass is 16.5. The molecule has 0 saturated heterocycles. The second kappa shape index (κ2) is 42.4. The summed E-state index contributed by atoms with van der Waals surface area (Å²) in [5, 5.41) is 114. The van der Waals surface area contributed by atoms with Crippen molar-refractivity contribution in [1.29, 1.82) is 0 Å². The Hall–Kier alpha value is -4.88. The van der Waals surface area contributed by atoms with E-state index >= 15 is 0 Å². The molecule has 0 aliphatic heterocycles. The van der Waals surface area contributed by atoms with Crippen LogP contribution >= 0.6 is 0 Å². The van der Waals surface area contributed by atoms with Crippen LogP contribution in [0.1, 0.15) is 112 Å². The number of carbonyl (C=O) groups excluding carboxylic acids is 8. The Balaban J connectivity index is 1.65. The maximum atomic E-state index is 13.5. The largest absolute Gasteiger partial charge is 0.396 e. The van der Waals surface area contributed by atoms with E-state index in [9.17, 15) is 84.3 Å². The van der Waals surface area contributed by atoms with Crippen molar-refractivity contribution in [3.63, 3.8) is 0 Å². The smallest absolute Gasteiger partial charge is 0.222 e. The summed E-state index contributed by atoms with van der Waals surface area (Å²) in [4.78, 5) is 101. The first kappa shape index (κ1) is 79.4. The topological polar surface area (TPSA) is 479 Å². The van der Waals surface area contributed by atoms with Crippen LogP contribution in [0.5, 0.6) is 0 Å². The summed E-state index contributed by atoms with van der Waals surface area (Å²) in [6.45, 7) is 7.71. The van der Waals surface area contributed by atoms with Crippen LogP contribution in [0.15, 0.2) is 0 Å². The summed E-state index contributed by atoms with van der Waals surface area (Å²) in [7, 11) is 0. The molecule has 3 fully saturated rings. The van der Waals surface area contributed by atoms with Gasteiger partial charge in [-0.05, 0) is 59.3 Å². The van der Waals surface area contributed by atoms with E-state index in [0.29, 0.717) is 19.3 Å². The lowest BCUT2D eigenvalue weighted by atomic mass is 9.79. The summed E-state index contributed by atoms with van der Waals surface area (Å²) in [6.07, 6.45) is -11.0. The van der Waals surface area contributed by atoms with E-state index in [-0.39, 0.29) is 131 Å². The van der Waals surface area contributed by atoms with Gasteiger partial charge < -0.3 is 122 Å². The van der Waals surface area contributed by atoms with Gasteiger partial charge in [0.25, 0.3) is 0 Å². The van der Waals surface area contributed by atoms with Gasteiger partial charge >= 0.3 is 0 Å². The van der Waals surface area contributed by atoms with Crippen LogP contribution < -0.4 is 42.5 Å². The van der Waals surface area contributed by atoms with Crippen LogP contribution in [-0.4, -0.2) is 277 Å². The van der Waals surface area contributed by atoms with Crippen LogP contribution in [0.25, 0.3) is 0 Å². The fraction of sp³-hybridized carbons (Fsp3) is 0.862. The molecule has 3 aliphatic rings. The number of aliphatic hydroxyl groups is 9. The van der Waals surface area contributed by atoms with E-state index < -0.39 is 176 Å². The number of aliphatic hydroxyl groups excluding tert-OH is 9. The van der Waals surface area contributed by atoms with Gasteiger partial charge in [-0.1, -0.05) is 0 Å². The van der Waals surface area contributed by atoms with Crippen molar-refractivity contribution < 1.29 is 117 Å². The highest BCUT2D eigenvalue weighted by Gasteiger charge is 2.47. The van der Waals surface area contributed by atoms with E-state index in [0.717, 1.165) is 0 Å². The third-order valence-electron chi connectivity index (χ3n) is 15.5. The van der Waals surface area contributed by atoms with E-state index in [1.165, 1.54) is 20.8 Å². The quantitative estimate of drug-likeness (QED) is 0.0200. The minimum absolute atomic E-state index is 0.0773. The first-order valence-corrected chi connectivity index (χ1v) is 31.0. The number of rotatable bonds is 42. The number of ether oxygens (including phenoxy) is 7. The summed E-state index contributed by atoms with van der Waals surface area (Å²) in [5.41, 5.74) is -0.542. The molecule has 0 radical (unpaired) electrons. The molecule has 17 N–H and O–H groups in total. The zero-order valence-electron chi connectivity index (χ0n) is 52.8. The number of hydrogen-bond donors (Lipinski definition) is 17. The molecule has 16 atom stereocenters. The highest BCUT2D eigenvalue weighted by Crippen LogP contribution is 2.31. The summed E-state index contributed by atoms with van der Waals surface area (Å²) >= 11 is 0. The van der Waals surface area contributed by atoms with Crippen LogP contribution in [0.2, 0.25) is 0 Å². The monoisotopic (exact) mass is 1300 g/mol. The molecule has 0 spiro atoms. The lowest BCUT2D eigenvalue weighted by molar-refractivity contribution is -0.142. The molecule has 8 amide bonds. The Morgan fingerprint density at radius 1 is 0.444 bits per heavy atom. The first-order chi connectivity index (χ1) is 42.7. The van der Waals surface area contributed by atoms with Crippen molar-refractivity contribution in [3.05, 3.63) is 0 Å². The van der Waals surface area contributed by atoms with Gasteiger partial charge in [0.2, 0.25) is 47.3 Å². The van der Waals surface area contributed by atoms with Crippen molar-refractivity contribution in [2.75, 3.05) is 99.0 Å². The minimum atomic E-state index is -1.39. The number of hydrogen-bond acceptors (Lipinski definition) is 24.